The van der Waals surface area contributed by atoms with Gasteiger partial charge in [-0.1, -0.05) is 6.07 Å². The van der Waals surface area contributed by atoms with Crippen molar-refractivity contribution in [3.05, 3.63) is 35.1 Å². The molecule has 3 nitrogen and oxygen atoms in total. The van der Waals surface area contributed by atoms with Gasteiger partial charge in [0.15, 0.2) is 0 Å². The van der Waals surface area contributed by atoms with Crippen LogP contribution < -0.4 is 5.73 Å². The van der Waals surface area contributed by atoms with E-state index in [4.69, 9.17) is 5.73 Å². The van der Waals surface area contributed by atoms with Crippen LogP contribution in [0.15, 0.2) is 18.2 Å². The van der Waals surface area contributed by atoms with Gasteiger partial charge in [-0.15, -0.1) is 0 Å². The number of halogens is 1. The Balaban J connectivity index is 2.08. The number of nitrogens with zero attached hydrogens (tertiary/aromatic N) is 2. The lowest BCUT2D eigenvalue weighted by Gasteiger charge is -2.30. The van der Waals surface area contributed by atoms with Crippen LogP contribution in [0.2, 0.25) is 0 Å². The Morgan fingerprint density at radius 2 is 2.25 bits per heavy atom. The third-order valence-corrected chi connectivity index (χ3v) is 4.39. The number of aryl methyl sites for hydroxylation is 1. The fourth-order valence-electron chi connectivity index (χ4n) is 3.22. The molecular formula is C16H26FN3. The van der Waals surface area contributed by atoms with Crippen molar-refractivity contribution in [3.8, 4) is 0 Å². The molecule has 1 saturated heterocycles. The van der Waals surface area contributed by atoms with Crippen molar-refractivity contribution in [1.29, 1.82) is 0 Å². The van der Waals surface area contributed by atoms with Crippen molar-refractivity contribution < 1.29 is 4.39 Å². The Labute approximate surface area is 121 Å². The first-order chi connectivity index (χ1) is 9.51. The zero-order valence-corrected chi connectivity index (χ0v) is 12.8. The van der Waals surface area contributed by atoms with Gasteiger partial charge in [0.25, 0.3) is 0 Å². The van der Waals surface area contributed by atoms with Crippen LogP contribution in [0, 0.1) is 18.7 Å². The lowest BCUT2D eigenvalue weighted by Crippen LogP contribution is -2.35. The summed E-state index contributed by atoms with van der Waals surface area (Å²) in [7, 11) is 4.26. The average Bonchev–Trinajstić information content (AvgIpc) is 2.80. The Hall–Kier alpha value is -0.970. The normalized spacial score (nSPS) is 21.6. The van der Waals surface area contributed by atoms with Crippen LogP contribution in [-0.2, 0) is 0 Å². The Bertz CT molecular complexity index is 449. The highest BCUT2D eigenvalue weighted by molar-refractivity contribution is 5.30. The molecule has 2 atom stereocenters. The fraction of sp³-hybridized carbons (Fsp3) is 0.625. The van der Waals surface area contributed by atoms with Gasteiger partial charge in [0, 0.05) is 25.7 Å². The number of likely N-dealkylation sites (tertiary alicyclic amines) is 1. The molecule has 1 aliphatic heterocycles. The number of likely N-dealkylation sites (N-methyl/N-ethyl adjacent to an activating group) is 1. The molecule has 2 unspecified atom stereocenters. The van der Waals surface area contributed by atoms with Gasteiger partial charge in [0.2, 0.25) is 0 Å². The molecule has 1 heterocycles. The van der Waals surface area contributed by atoms with Gasteiger partial charge in [-0.05, 0) is 63.2 Å². The first-order valence-electron chi connectivity index (χ1n) is 7.36. The first-order valence-corrected chi connectivity index (χ1v) is 7.36. The number of rotatable bonds is 5. The van der Waals surface area contributed by atoms with E-state index in [1.165, 1.54) is 19.0 Å². The Morgan fingerprint density at radius 3 is 2.85 bits per heavy atom. The molecule has 0 saturated carbocycles. The second kappa shape index (κ2) is 6.66. The molecule has 1 aromatic rings. The minimum absolute atomic E-state index is 0.0941. The SMILES string of the molecule is Cc1ccc(F)cc1C(CN)N(C)CC1CCN(C)C1. The third-order valence-electron chi connectivity index (χ3n) is 4.39. The predicted molar refractivity (Wildman–Crippen MR) is 81.2 cm³/mol. The second-order valence-electron chi connectivity index (χ2n) is 6.11. The van der Waals surface area contributed by atoms with E-state index in [1.807, 2.05) is 13.0 Å². The van der Waals surface area contributed by atoms with Crippen LogP contribution >= 0.6 is 0 Å². The van der Waals surface area contributed by atoms with E-state index >= 15 is 0 Å². The van der Waals surface area contributed by atoms with E-state index in [9.17, 15) is 4.39 Å². The minimum Gasteiger partial charge on any atom is -0.329 e. The predicted octanol–water partition coefficient (Wildman–Crippen LogP) is 2.02. The maximum atomic E-state index is 13.5. The molecular weight excluding hydrogens is 253 g/mol. The largest absolute Gasteiger partial charge is 0.329 e. The van der Waals surface area contributed by atoms with Gasteiger partial charge in [0.1, 0.15) is 5.82 Å². The van der Waals surface area contributed by atoms with E-state index in [1.54, 1.807) is 6.07 Å². The van der Waals surface area contributed by atoms with Crippen LogP contribution in [-0.4, -0.2) is 50.1 Å². The fourth-order valence-corrected chi connectivity index (χ4v) is 3.22. The molecule has 0 spiro atoms. The summed E-state index contributed by atoms with van der Waals surface area (Å²) in [6, 6.07) is 5.07. The molecule has 1 aliphatic rings. The summed E-state index contributed by atoms with van der Waals surface area (Å²) in [5.41, 5.74) is 8.08. The molecule has 2 N–H and O–H groups in total. The Morgan fingerprint density at radius 1 is 1.50 bits per heavy atom. The molecule has 0 aliphatic carbocycles. The number of hydrogen-bond acceptors (Lipinski definition) is 3. The maximum Gasteiger partial charge on any atom is 0.123 e. The topological polar surface area (TPSA) is 32.5 Å². The summed E-state index contributed by atoms with van der Waals surface area (Å²) in [4.78, 5) is 4.65. The smallest absolute Gasteiger partial charge is 0.123 e. The molecule has 0 amide bonds. The summed E-state index contributed by atoms with van der Waals surface area (Å²) in [6.45, 7) is 5.87. The van der Waals surface area contributed by atoms with Gasteiger partial charge in [-0.3, -0.25) is 4.90 Å². The summed E-state index contributed by atoms with van der Waals surface area (Å²) < 4.78 is 13.5. The molecule has 1 aromatic carbocycles. The number of benzene rings is 1. The Kier molecular flexibility index (Phi) is 5.13. The summed E-state index contributed by atoms with van der Waals surface area (Å²) in [5, 5.41) is 0. The van der Waals surface area contributed by atoms with E-state index in [-0.39, 0.29) is 11.9 Å². The van der Waals surface area contributed by atoms with Crippen molar-refractivity contribution in [3.63, 3.8) is 0 Å². The summed E-state index contributed by atoms with van der Waals surface area (Å²) >= 11 is 0. The first kappa shape index (κ1) is 15.4. The van der Waals surface area contributed by atoms with Gasteiger partial charge < -0.3 is 10.6 Å². The number of hydrogen-bond donors (Lipinski definition) is 1. The van der Waals surface area contributed by atoms with Crippen LogP contribution in [0.25, 0.3) is 0 Å². The van der Waals surface area contributed by atoms with Gasteiger partial charge in [0.05, 0.1) is 0 Å². The maximum absolute atomic E-state index is 13.5. The summed E-state index contributed by atoms with van der Waals surface area (Å²) in [5.74, 6) is 0.506. The molecule has 1 fully saturated rings. The van der Waals surface area contributed by atoms with Crippen LogP contribution in [0.5, 0.6) is 0 Å². The lowest BCUT2D eigenvalue weighted by molar-refractivity contribution is 0.211. The van der Waals surface area contributed by atoms with Crippen molar-refractivity contribution in [1.82, 2.24) is 9.80 Å². The molecule has 0 aromatic heterocycles. The van der Waals surface area contributed by atoms with E-state index < -0.39 is 0 Å². The molecule has 112 valence electrons. The average molecular weight is 279 g/mol. The van der Waals surface area contributed by atoms with Crippen molar-refractivity contribution in [2.75, 3.05) is 40.3 Å². The van der Waals surface area contributed by atoms with E-state index in [0.29, 0.717) is 12.5 Å². The van der Waals surface area contributed by atoms with E-state index in [2.05, 4.69) is 23.9 Å². The molecule has 0 radical (unpaired) electrons. The number of nitrogens with two attached hydrogens (primary N) is 1. The second-order valence-corrected chi connectivity index (χ2v) is 6.11. The minimum atomic E-state index is -0.182. The van der Waals surface area contributed by atoms with Crippen LogP contribution in [0.3, 0.4) is 0 Å². The monoisotopic (exact) mass is 279 g/mol. The van der Waals surface area contributed by atoms with Crippen LogP contribution in [0.4, 0.5) is 4.39 Å². The zero-order valence-electron chi connectivity index (χ0n) is 12.8. The molecule has 4 heteroatoms. The standard InChI is InChI=1S/C16H26FN3/c1-12-4-5-14(17)8-15(12)16(9-18)20(3)11-13-6-7-19(2)10-13/h4-5,8,13,16H,6-7,9-11,18H2,1-3H3. The van der Waals surface area contributed by atoms with Crippen molar-refractivity contribution in [2.45, 2.75) is 19.4 Å². The lowest BCUT2D eigenvalue weighted by atomic mass is 9.98. The zero-order chi connectivity index (χ0) is 14.7. The van der Waals surface area contributed by atoms with Gasteiger partial charge in [-0.2, -0.15) is 0 Å². The highest BCUT2D eigenvalue weighted by atomic mass is 19.1. The van der Waals surface area contributed by atoms with Crippen molar-refractivity contribution in [2.24, 2.45) is 11.7 Å². The van der Waals surface area contributed by atoms with Crippen LogP contribution in [0.1, 0.15) is 23.6 Å². The third kappa shape index (κ3) is 3.57. The molecule has 0 bridgehead atoms. The highest BCUT2D eigenvalue weighted by Gasteiger charge is 2.25. The highest BCUT2D eigenvalue weighted by Crippen LogP contribution is 2.25. The van der Waals surface area contributed by atoms with Gasteiger partial charge >= 0.3 is 0 Å². The summed E-state index contributed by atoms with van der Waals surface area (Å²) in [6.07, 6.45) is 1.24. The quantitative estimate of drug-likeness (QED) is 0.895. The van der Waals surface area contributed by atoms with E-state index in [0.717, 1.165) is 24.2 Å². The van der Waals surface area contributed by atoms with Crippen molar-refractivity contribution >= 4 is 0 Å². The van der Waals surface area contributed by atoms with Gasteiger partial charge in [-0.25, -0.2) is 4.39 Å². The molecule has 2 rings (SSSR count). The molecule has 20 heavy (non-hydrogen) atoms.